The van der Waals surface area contributed by atoms with Gasteiger partial charge in [-0.2, -0.15) is 0 Å². The van der Waals surface area contributed by atoms with Crippen LogP contribution < -0.4 is 5.73 Å². The van der Waals surface area contributed by atoms with Crippen LogP contribution in [0, 0.1) is 5.92 Å². The first-order chi connectivity index (χ1) is 9.85. The van der Waals surface area contributed by atoms with Gasteiger partial charge in [0, 0.05) is 38.8 Å². The summed E-state index contributed by atoms with van der Waals surface area (Å²) in [6.45, 7) is 6.75. The molecule has 2 aliphatic rings. The lowest BCUT2D eigenvalue weighted by Gasteiger charge is -2.25. The molecule has 1 saturated carbocycles. The third kappa shape index (κ3) is 3.81. The fourth-order valence-electron chi connectivity index (χ4n) is 3.41. The Kier molecular flexibility index (Phi) is 4.71. The smallest absolute Gasteiger partial charge is 0.0233 e. The Morgan fingerprint density at radius 3 is 2.65 bits per heavy atom. The number of likely N-dealkylation sites (tertiary alicyclic amines) is 1. The van der Waals surface area contributed by atoms with Crippen LogP contribution in [0.4, 0.5) is 0 Å². The maximum Gasteiger partial charge on any atom is 0.0233 e. The van der Waals surface area contributed by atoms with Gasteiger partial charge < -0.3 is 5.73 Å². The molecule has 3 heteroatoms. The summed E-state index contributed by atoms with van der Waals surface area (Å²) in [5.41, 5.74) is 7.19. The quantitative estimate of drug-likeness (QED) is 0.824. The van der Waals surface area contributed by atoms with Crippen LogP contribution in [0.3, 0.4) is 0 Å². The number of nitrogens with zero attached hydrogens (tertiary/aromatic N) is 2. The summed E-state index contributed by atoms with van der Waals surface area (Å²) >= 11 is 0. The van der Waals surface area contributed by atoms with E-state index in [1.165, 1.54) is 44.5 Å². The molecule has 1 aliphatic carbocycles. The van der Waals surface area contributed by atoms with Gasteiger partial charge >= 0.3 is 0 Å². The van der Waals surface area contributed by atoms with Gasteiger partial charge in [-0.3, -0.25) is 9.80 Å². The summed E-state index contributed by atoms with van der Waals surface area (Å²) in [6, 6.07) is 11.7. The van der Waals surface area contributed by atoms with Gasteiger partial charge in [0.25, 0.3) is 0 Å². The molecule has 1 atom stereocenters. The van der Waals surface area contributed by atoms with Crippen molar-refractivity contribution in [2.75, 3.05) is 32.7 Å². The first kappa shape index (κ1) is 14.1. The molecular weight excluding hydrogens is 246 g/mol. The van der Waals surface area contributed by atoms with Gasteiger partial charge in [0.2, 0.25) is 0 Å². The highest BCUT2D eigenvalue weighted by molar-refractivity contribution is 5.14. The lowest BCUT2D eigenvalue weighted by Crippen LogP contribution is -2.36. The third-order valence-electron chi connectivity index (χ3n) is 4.59. The average Bonchev–Trinajstić information content (AvgIpc) is 3.22. The van der Waals surface area contributed by atoms with Crippen molar-refractivity contribution >= 4 is 0 Å². The van der Waals surface area contributed by atoms with Crippen molar-refractivity contribution in [3.63, 3.8) is 0 Å². The van der Waals surface area contributed by atoms with Crippen molar-refractivity contribution in [3.05, 3.63) is 35.9 Å². The maximum absolute atomic E-state index is 5.75. The monoisotopic (exact) mass is 273 g/mol. The summed E-state index contributed by atoms with van der Waals surface area (Å²) in [7, 11) is 0. The predicted octanol–water partition coefficient (Wildman–Crippen LogP) is 1.93. The summed E-state index contributed by atoms with van der Waals surface area (Å²) in [5.74, 6) is 0.839. The van der Waals surface area contributed by atoms with Gasteiger partial charge in [-0.05, 0) is 37.3 Å². The van der Waals surface area contributed by atoms with E-state index in [0.717, 1.165) is 31.6 Å². The molecule has 0 radical (unpaired) electrons. The van der Waals surface area contributed by atoms with Crippen LogP contribution in [0.15, 0.2) is 30.3 Å². The highest BCUT2D eigenvalue weighted by atomic mass is 15.2. The zero-order valence-corrected chi connectivity index (χ0v) is 12.4. The Balaban J connectivity index is 1.46. The SMILES string of the molecule is NCCN(C[C@H]1CCN(Cc2ccccc2)C1)C1CC1. The van der Waals surface area contributed by atoms with Crippen molar-refractivity contribution in [2.24, 2.45) is 11.7 Å². The van der Waals surface area contributed by atoms with Crippen molar-refractivity contribution in [1.82, 2.24) is 9.80 Å². The molecular formula is C17H27N3. The number of hydrogen-bond donors (Lipinski definition) is 1. The molecule has 20 heavy (non-hydrogen) atoms. The van der Waals surface area contributed by atoms with Crippen LogP contribution in [-0.4, -0.2) is 48.6 Å². The van der Waals surface area contributed by atoms with E-state index in [0.29, 0.717) is 0 Å². The molecule has 0 spiro atoms. The normalized spacial score (nSPS) is 23.6. The summed E-state index contributed by atoms with van der Waals surface area (Å²) in [4.78, 5) is 5.24. The van der Waals surface area contributed by atoms with Gasteiger partial charge in [0.1, 0.15) is 0 Å². The molecule has 1 aromatic rings. The molecule has 1 aliphatic heterocycles. The van der Waals surface area contributed by atoms with Gasteiger partial charge in [0.05, 0.1) is 0 Å². The second-order valence-electron chi connectivity index (χ2n) is 6.39. The van der Waals surface area contributed by atoms with Crippen molar-refractivity contribution < 1.29 is 0 Å². The average molecular weight is 273 g/mol. The Bertz CT molecular complexity index is 402. The molecule has 2 fully saturated rings. The lowest BCUT2D eigenvalue weighted by atomic mass is 10.1. The lowest BCUT2D eigenvalue weighted by molar-refractivity contribution is 0.221. The number of benzene rings is 1. The largest absolute Gasteiger partial charge is 0.329 e. The highest BCUT2D eigenvalue weighted by Gasteiger charge is 2.32. The molecule has 3 nitrogen and oxygen atoms in total. The molecule has 110 valence electrons. The summed E-state index contributed by atoms with van der Waals surface area (Å²) < 4.78 is 0. The molecule has 2 N–H and O–H groups in total. The van der Waals surface area contributed by atoms with Crippen LogP contribution in [0.2, 0.25) is 0 Å². The maximum atomic E-state index is 5.75. The van der Waals surface area contributed by atoms with E-state index in [4.69, 9.17) is 5.73 Å². The van der Waals surface area contributed by atoms with Gasteiger partial charge in [-0.25, -0.2) is 0 Å². The second-order valence-corrected chi connectivity index (χ2v) is 6.39. The third-order valence-corrected chi connectivity index (χ3v) is 4.59. The van der Waals surface area contributed by atoms with Gasteiger partial charge in [0.15, 0.2) is 0 Å². The fraction of sp³-hybridized carbons (Fsp3) is 0.647. The molecule has 0 aromatic heterocycles. The highest BCUT2D eigenvalue weighted by Crippen LogP contribution is 2.29. The zero-order chi connectivity index (χ0) is 13.8. The Hall–Kier alpha value is -0.900. The van der Waals surface area contributed by atoms with Crippen molar-refractivity contribution in [3.8, 4) is 0 Å². The molecule has 1 heterocycles. The summed E-state index contributed by atoms with van der Waals surface area (Å²) in [5, 5.41) is 0. The van der Waals surface area contributed by atoms with Crippen LogP contribution in [0.1, 0.15) is 24.8 Å². The molecule has 0 bridgehead atoms. The van der Waals surface area contributed by atoms with Gasteiger partial charge in [-0.1, -0.05) is 30.3 Å². The van der Waals surface area contributed by atoms with Crippen LogP contribution in [0.5, 0.6) is 0 Å². The molecule has 0 amide bonds. The Morgan fingerprint density at radius 1 is 1.15 bits per heavy atom. The number of hydrogen-bond acceptors (Lipinski definition) is 3. The predicted molar refractivity (Wildman–Crippen MR) is 83.5 cm³/mol. The standard InChI is InChI=1S/C17H27N3/c18-9-11-20(17-6-7-17)14-16-8-10-19(13-16)12-15-4-2-1-3-5-15/h1-5,16-17H,6-14,18H2/t16-/m0/s1. The fourth-order valence-corrected chi connectivity index (χ4v) is 3.41. The second kappa shape index (κ2) is 6.70. The van der Waals surface area contributed by atoms with E-state index in [2.05, 4.69) is 40.1 Å². The van der Waals surface area contributed by atoms with E-state index < -0.39 is 0 Å². The zero-order valence-electron chi connectivity index (χ0n) is 12.4. The number of rotatable bonds is 7. The van der Waals surface area contributed by atoms with Crippen molar-refractivity contribution in [1.29, 1.82) is 0 Å². The van der Waals surface area contributed by atoms with E-state index >= 15 is 0 Å². The van der Waals surface area contributed by atoms with E-state index in [-0.39, 0.29) is 0 Å². The van der Waals surface area contributed by atoms with Crippen LogP contribution in [-0.2, 0) is 6.54 Å². The molecule has 3 rings (SSSR count). The van der Waals surface area contributed by atoms with E-state index in [1.807, 2.05) is 0 Å². The minimum Gasteiger partial charge on any atom is -0.329 e. The minimum absolute atomic E-state index is 0.803. The first-order valence-corrected chi connectivity index (χ1v) is 8.05. The minimum atomic E-state index is 0.803. The summed E-state index contributed by atoms with van der Waals surface area (Å²) in [6.07, 6.45) is 4.13. The molecule has 1 saturated heterocycles. The van der Waals surface area contributed by atoms with Crippen molar-refractivity contribution in [2.45, 2.75) is 31.8 Å². The molecule has 0 unspecified atom stereocenters. The van der Waals surface area contributed by atoms with Crippen LogP contribution >= 0.6 is 0 Å². The topological polar surface area (TPSA) is 32.5 Å². The number of nitrogens with two attached hydrogens (primary N) is 1. The first-order valence-electron chi connectivity index (χ1n) is 8.05. The van der Waals surface area contributed by atoms with Crippen LogP contribution in [0.25, 0.3) is 0 Å². The van der Waals surface area contributed by atoms with Gasteiger partial charge in [-0.15, -0.1) is 0 Å². The van der Waals surface area contributed by atoms with E-state index in [1.54, 1.807) is 0 Å². The Morgan fingerprint density at radius 2 is 1.95 bits per heavy atom. The Labute approximate surface area is 122 Å². The van der Waals surface area contributed by atoms with E-state index in [9.17, 15) is 0 Å². The molecule has 1 aromatic carbocycles.